The van der Waals surface area contributed by atoms with Gasteiger partial charge >= 0.3 is 5.97 Å². The predicted octanol–water partition coefficient (Wildman–Crippen LogP) is 0.616. The topological polar surface area (TPSA) is 57.6 Å². The standard InChI is InChI=1S/C9H13NO3/c11-7-3-5-9(8(12)13)4-1-2-6-10(7)9/h1-6H2,(H,12,13). The Balaban J connectivity index is 2.32. The minimum absolute atomic E-state index is 0.0158. The zero-order valence-electron chi connectivity index (χ0n) is 7.45. The van der Waals surface area contributed by atoms with Crippen molar-refractivity contribution in [2.24, 2.45) is 0 Å². The normalized spacial score (nSPS) is 33.2. The van der Waals surface area contributed by atoms with Crippen molar-refractivity contribution in [3.63, 3.8) is 0 Å². The fourth-order valence-electron chi connectivity index (χ4n) is 2.44. The zero-order chi connectivity index (χ0) is 9.47. The van der Waals surface area contributed by atoms with E-state index in [1.165, 1.54) is 0 Å². The van der Waals surface area contributed by atoms with Gasteiger partial charge in [-0.3, -0.25) is 4.79 Å². The number of piperidine rings is 1. The molecule has 2 rings (SSSR count). The lowest BCUT2D eigenvalue weighted by Gasteiger charge is -2.38. The minimum atomic E-state index is -0.838. The van der Waals surface area contributed by atoms with Crippen LogP contribution >= 0.6 is 0 Å². The summed E-state index contributed by atoms with van der Waals surface area (Å²) >= 11 is 0. The highest BCUT2D eigenvalue weighted by Crippen LogP contribution is 2.38. The Kier molecular flexibility index (Phi) is 1.78. The summed E-state index contributed by atoms with van der Waals surface area (Å²) in [5.41, 5.74) is -0.838. The highest BCUT2D eigenvalue weighted by molar-refractivity contribution is 5.91. The molecule has 4 heteroatoms. The van der Waals surface area contributed by atoms with Gasteiger partial charge in [0, 0.05) is 13.0 Å². The van der Waals surface area contributed by atoms with E-state index in [1.54, 1.807) is 4.90 Å². The first kappa shape index (κ1) is 8.53. The van der Waals surface area contributed by atoms with Crippen LogP contribution in [-0.4, -0.2) is 34.0 Å². The Morgan fingerprint density at radius 2 is 2.15 bits per heavy atom. The Morgan fingerprint density at radius 3 is 2.77 bits per heavy atom. The molecule has 0 aliphatic carbocycles. The minimum Gasteiger partial charge on any atom is -0.479 e. The molecule has 2 aliphatic rings. The van der Waals surface area contributed by atoms with Gasteiger partial charge in [0.05, 0.1) is 0 Å². The molecule has 2 heterocycles. The van der Waals surface area contributed by atoms with Gasteiger partial charge in [0.25, 0.3) is 0 Å². The van der Waals surface area contributed by atoms with Crippen molar-refractivity contribution < 1.29 is 14.7 Å². The first-order valence-electron chi connectivity index (χ1n) is 4.71. The maximum atomic E-state index is 11.4. The molecule has 0 saturated carbocycles. The molecule has 72 valence electrons. The maximum Gasteiger partial charge on any atom is 0.329 e. The van der Waals surface area contributed by atoms with Gasteiger partial charge < -0.3 is 10.0 Å². The molecule has 1 atom stereocenters. The van der Waals surface area contributed by atoms with Crippen LogP contribution in [0.15, 0.2) is 0 Å². The molecule has 0 radical (unpaired) electrons. The van der Waals surface area contributed by atoms with Crippen LogP contribution in [0.2, 0.25) is 0 Å². The summed E-state index contributed by atoms with van der Waals surface area (Å²) in [6, 6.07) is 0. The molecule has 13 heavy (non-hydrogen) atoms. The van der Waals surface area contributed by atoms with Crippen molar-refractivity contribution >= 4 is 11.9 Å². The molecule has 1 amide bonds. The van der Waals surface area contributed by atoms with Crippen LogP contribution in [-0.2, 0) is 9.59 Å². The SMILES string of the molecule is O=C1CCC2(C(=O)O)CCCCN12. The fraction of sp³-hybridized carbons (Fsp3) is 0.778. The van der Waals surface area contributed by atoms with E-state index < -0.39 is 11.5 Å². The number of carboxylic acids is 1. The van der Waals surface area contributed by atoms with Crippen molar-refractivity contribution in [1.82, 2.24) is 4.90 Å². The van der Waals surface area contributed by atoms with Crippen LogP contribution < -0.4 is 0 Å². The predicted molar refractivity (Wildman–Crippen MR) is 45.2 cm³/mol. The number of aliphatic carboxylic acids is 1. The highest BCUT2D eigenvalue weighted by atomic mass is 16.4. The first-order chi connectivity index (χ1) is 6.17. The number of nitrogens with zero attached hydrogens (tertiary/aromatic N) is 1. The third-order valence-electron chi connectivity index (χ3n) is 3.19. The molecule has 2 fully saturated rings. The second-order valence-corrected chi connectivity index (χ2v) is 3.84. The van der Waals surface area contributed by atoms with Gasteiger partial charge in [-0.15, -0.1) is 0 Å². The molecule has 0 aromatic carbocycles. The smallest absolute Gasteiger partial charge is 0.329 e. The third kappa shape index (κ3) is 1.04. The van der Waals surface area contributed by atoms with Crippen LogP contribution in [0.1, 0.15) is 32.1 Å². The number of fused-ring (bicyclic) bond motifs is 1. The summed E-state index contributed by atoms with van der Waals surface area (Å²) in [5, 5.41) is 9.12. The molecule has 0 bridgehead atoms. The average molecular weight is 183 g/mol. The Bertz CT molecular complexity index is 264. The van der Waals surface area contributed by atoms with Gasteiger partial charge in [-0.05, 0) is 25.7 Å². The van der Waals surface area contributed by atoms with Gasteiger partial charge in [0.15, 0.2) is 0 Å². The molecule has 1 N–H and O–H groups in total. The molecule has 1 unspecified atom stereocenters. The van der Waals surface area contributed by atoms with E-state index in [9.17, 15) is 9.59 Å². The number of carbonyl (C=O) groups is 2. The fourth-order valence-corrected chi connectivity index (χ4v) is 2.44. The summed E-state index contributed by atoms with van der Waals surface area (Å²) in [5.74, 6) is -0.805. The Hall–Kier alpha value is -1.06. The molecule has 2 aliphatic heterocycles. The number of rotatable bonds is 1. The molecule has 2 saturated heterocycles. The highest BCUT2D eigenvalue weighted by Gasteiger charge is 2.52. The average Bonchev–Trinajstić information content (AvgIpc) is 2.46. The van der Waals surface area contributed by atoms with Crippen LogP contribution in [0, 0.1) is 0 Å². The molecule has 0 spiro atoms. The number of carboxylic acid groups (broad SMARTS) is 1. The maximum absolute atomic E-state index is 11.4. The largest absolute Gasteiger partial charge is 0.479 e. The van der Waals surface area contributed by atoms with Gasteiger partial charge in [-0.25, -0.2) is 4.79 Å². The molecule has 0 aromatic heterocycles. The van der Waals surface area contributed by atoms with E-state index in [2.05, 4.69) is 0 Å². The third-order valence-corrected chi connectivity index (χ3v) is 3.19. The molecule has 4 nitrogen and oxygen atoms in total. The van der Waals surface area contributed by atoms with Crippen molar-refractivity contribution in [2.45, 2.75) is 37.6 Å². The van der Waals surface area contributed by atoms with Crippen LogP contribution in [0.3, 0.4) is 0 Å². The molecular formula is C9H13NO3. The zero-order valence-corrected chi connectivity index (χ0v) is 7.45. The number of amides is 1. The first-order valence-corrected chi connectivity index (χ1v) is 4.71. The van der Waals surface area contributed by atoms with Crippen LogP contribution in [0.4, 0.5) is 0 Å². The van der Waals surface area contributed by atoms with Gasteiger partial charge in [-0.2, -0.15) is 0 Å². The quantitative estimate of drug-likeness (QED) is 0.648. The number of hydrogen-bond acceptors (Lipinski definition) is 2. The van der Waals surface area contributed by atoms with Crippen LogP contribution in [0.25, 0.3) is 0 Å². The van der Waals surface area contributed by atoms with Gasteiger partial charge in [0.2, 0.25) is 5.91 Å². The van der Waals surface area contributed by atoms with E-state index in [0.717, 1.165) is 12.8 Å². The van der Waals surface area contributed by atoms with Gasteiger partial charge in [0.1, 0.15) is 5.54 Å². The van der Waals surface area contributed by atoms with Crippen molar-refractivity contribution in [3.05, 3.63) is 0 Å². The summed E-state index contributed by atoms with van der Waals surface area (Å²) in [6.07, 6.45) is 3.42. The summed E-state index contributed by atoms with van der Waals surface area (Å²) in [4.78, 5) is 24.1. The van der Waals surface area contributed by atoms with Crippen molar-refractivity contribution in [2.75, 3.05) is 6.54 Å². The van der Waals surface area contributed by atoms with Crippen molar-refractivity contribution in [1.29, 1.82) is 0 Å². The Labute approximate surface area is 76.5 Å². The lowest BCUT2D eigenvalue weighted by molar-refractivity contribution is -0.156. The Morgan fingerprint density at radius 1 is 1.38 bits per heavy atom. The number of carbonyl (C=O) groups excluding carboxylic acids is 1. The number of hydrogen-bond donors (Lipinski definition) is 1. The monoisotopic (exact) mass is 183 g/mol. The second-order valence-electron chi connectivity index (χ2n) is 3.84. The van der Waals surface area contributed by atoms with E-state index in [1.807, 2.05) is 0 Å². The van der Waals surface area contributed by atoms with E-state index >= 15 is 0 Å². The molecule has 0 aromatic rings. The lowest BCUT2D eigenvalue weighted by atomic mass is 9.87. The van der Waals surface area contributed by atoms with Gasteiger partial charge in [-0.1, -0.05) is 0 Å². The summed E-state index contributed by atoms with van der Waals surface area (Å²) < 4.78 is 0. The van der Waals surface area contributed by atoms with Crippen LogP contribution in [0.5, 0.6) is 0 Å². The van der Waals surface area contributed by atoms with Crippen molar-refractivity contribution in [3.8, 4) is 0 Å². The summed E-state index contributed by atoms with van der Waals surface area (Å²) in [7, 11) is 0. The van der Waals surface area contributed by atoms with E-state index in [0.29, 0.717) is 25.8 Å². The van der Waals surface area contributed by atoms with E-state index in [4.69, 9.17) is 5.11 Å². The lowest BCUT2D eigenvalue weighted by Crippen LogP contribution is -2.54. The summed E-state index contributed by atoms with van der Waals surface area (Å²) in [6.45, 7) is 0.630. The molecular weight excluding hydrogens is 170 g/mol. The van der Waals surface area contributed by atoms with E-state index in [-0.39, 0.29) is 5.91 Å². The second kappa shape index (κ2) is 2.72.